The van der Waals surface area contributed by atoms with Gasteiger partial charge in [-0.15, -0.1) is 0 Å². The SMILES string of the molecule is Cc1ccc(S(=O)(=O)CC(=O)OC2CCc3ccc(C)cc3C2=O)cc1. The number of ether oxygens (including phenoxy) is 1. The average Bonchev–Trinajstić information content (AvgIpc) is 2.58. The number of hydrogen-bond donors (Lipinski definition) is 0. The molecule has 0 aromatic heterocycles. The maximum atomic E-state index is 12.6. The van der Waals surface area contributed by atoms with Crippen molar-refractivity contribution in [1.82, 2.24) is 0 Å². The Morgan fingerprint density at radius 1 is 1.08 bits per heavy atom. The van der Waals surface area contributed by atoms with Gasteiger partial charge in [0.2, 0.25) is 5.78 Å². The van der Waals surface area contributed by atoms with Crippen molar-refractivity contribution in [2.75, 3.05) is 5.75 Å². The van der Waals surface area contributed by atoms with Gasteiger partial charge in [-0.3, -0.25) is 9.59 Å². The number of sulfone groups is 1. The van der Waals surface area contributed by atoms with Crippen LogP contribution in [0.25, 0.3) is 0 Å². The smallest absolute Gasteiger partial charge is 0.322 e. The van der Waals surface area contributed by atoms with Crippen molar-refractivity contribution < 1.29 is 22.7 Å². The monoisotopic (exact) mass is 372 g/mol. The molecule has 0 aliphatic heterocycles. The molecule has 1 aliphatic carbocycles. The number of Topliss-reactive ketones (excluding diaryl/α,β-unsaturated/α-hetero) is 1. The fraction of sp³-hybridized carbons (Fsp3) is 0.300. The van der Waals surface area contributed by atoms with Gasteiger partial charge < -0.3 is 4.74 Å². The first-order chi connectivity index (χ1) is 12.3. The summed E-state index contributed by atoms with van der Waals surface area (Å²) in [5, 5.41) is 0. The van der Waals surface area contributed by atoms with E-state index in [2.05, 4.69) is 0 Å². The van der Waals surface area contributed by atoms with Crippen molar-refractivity contribution >= 4 is 21.6 Å². The number of aryl methyl sites for hydroxylation is 3. The van der Waals surface area contributed by atoms with Gasteiger partial charge in [-0.1, -0.05) is 35.4 Å². The Balaban J connectivity index is 1.70. The summed E-state index contributed by atoms with van der Waals surface area (Å²) in [5.74, 6) is -1.95. The first-order valence-corrected chi connectivity index (χ1v) is 10.0. The van der Waals surface area contributed by atoms with E-state index in [1.54, 1.807) is 18.2 Å². The van der Waals surface area contributed by atoms with Gasteiger partial charge in [0, 0.05) is 5.56 Å². The highest BCUT2D eigenvalue weighted by Gasteiger charge is 2.31. The molecule has 0 heterocycles. The molecule has 0 spiro atoms. The quantitative estimate of drug-likeness (QED) is 0.771. The van der Waals surface area contributed by atoms with E-state index in [1.165, 1.54) is 12.1 Å². The van der Waals surface area contributed by atoms with Gasteiger partial charge in [-0.2, -0.15) is 0 Å². The summed E-state index contributed by atoms with van der Waals surface area (Å²) in [7, 11) is -3.80. The minimum absolute atomic E-state index is 0.0657. The van der Waals surface area contributed by atoms with E-state index in [-0.39, 0.29) is 10.7 Å². The molecule has 6 heteroatoms. The van der Waals surface area contributed by atoms with Gasteiger partial charge in [0.1, 0.15) is 0 Å². The molecule has 26 heavy (non-hydrogen) atoms. The zero-order chi connectivity index (χ0) is 18.9. The Hall–Kier alpha value is -2.47. The van der Waals surface area contributed by atoms with E-state index in [4.69, 9.17) is 4.74 Å². The average molecular weight is 372 g/mol. The van der Waals surface area contributed by atoms with E-state index in [1.807, 2.05) is 26.0 Å². The van der Waals surface area contributed by atoms with E-state index in [0.717, 1.165) is 16.7 Å². The molecule has 1 aliphatic rings. The Morgan fingerprint density at radius 2 is 1.73 bits per heavy atom. The fourth-order valence-electron chi connectivity index (χ4n) is 3.02. The van der Waals surface area contributed by atoms with Crippen LogP contribution in [0.3, 0.4) is 0 Å². The van der Waals surface area contributed by atoms with E-state index in [0.29, 0.717) is 18.4 Å². The third kappa shape index (κ3) is 3.85. The van der Waals surface area contributed by atoms with Crippen molar-refractivity contribution in [3.8, 4) is 0 Å². The minimum Gasteiger partial charge on any atom is -0.453 e. The number of rotatable bonds is 4. The van der Waals surface area contributed by atoms with Crippen LogP contribution in [-0.4, -0.2) is 32.0 Å². The second-order valence-corrected chi connectivity index (χ2v) is 8.60. The fourth-order valence-corrected chi connectivity index (χ4v) is 4.11. The molecule has 1 atom stereocenters. The van der Waals surface area contributed by atoms with Crippen molar-refractivity contribution in [3.63, 3.8) is 0 Å². The first kappa shape index (κ1) is 18.3. The third-order valence-electron chi connectivity index (χ3n) is 4.46. The third-order valence-corrected chi connectivity index (χ3v) is 6.07. The second-order valence-electron chi connectivity index (χ2n) is 6.61. The highest BCUT2D eigenvalue weighted by Crippen LogP contribution is 2.25. The molecular formula is C20H20O5S. The largest absolute Gasteiger partial charge is 0.453 e. The van der Waals surface area contributed by atoms with Gasteiger partial charge >= 0.3 is 5.97 Å². The van der Waals surface area contributed by atoms with Crippen LogP contribution in [0.2, 0.25) is 0 Å². The summed E-state index contributed by atoms with van der Waals surface area (Å²) in [6.07, 6.45) is 0.0555. The zero-order valence-electron chi connectivity index (χ0n) is 14.7. The number of carbonyl (C=O) groups excluding carboxylic acids is 2. The van der Waals surface area contributed by atoms with Gasteiger partial charge in [0.05, 0.1) is 4.90 Å². The molecule has 0 saturated carbocycles. The number of ketones is 1. The van der Waals surface area contributed by atoms with E-state index >= 15 is 0 Å². The lowest BCUT2D eigenvalue weighted by Gasteiger charge is -2.23. The van der Waals surface area contributed by atoms with Crippen LogP contribution in [-0.2, 0) is 25.8 Å². The summed E-state index contributed by atoms with van der Waals surface area (Å²) >= 11 is 0. The van der Waals surface area contributed by atoms with Crippen LogP contribution in [0.4, 0.5) is 0 Å². The Kier molecular flexibility index (Phi) is 4.96. The lowest BCUT2D eigenvalue weighted by Crippen LogP contribution is -2.34. The lowest BCUT2D eigenvalue weighted by molar-refractivity contribution is -0.144. The number of carbonyl (C=O) groups is 2. The predicted octanol–water partition coefficient (Wildman–Crippen LogP) is 2.82. The van der Waals surface area contributed by atoms with Gasteiger partial charge in [-0.25, -0.2) is 8.42 Å². The van der Waals surface area contributed by atoms with Crippen molar-refractivity contribution in [1.29, 1.82) is 0 Å². The van der Waals surface area contributed by atoms with Gasteiger partial charge in [0.15, 0.2) is 21.7 Å². The number of hydrogen-bond acceptors (Lipinski definition) is 5. The zero-order valence-corrected chi connectivity index (χ0v) is 15.5. The van der Waals surface area contributed by atoms with Crippen LogP contribution in [0.1, 0.15) is 33.5 Å². The molecule has 1 unspecified atom stereocenters. The molecule has 2 aromatic rings. The molecule has 3 rings (SSSR count). The minimum atomic E-state index is -3.80. The molecule has 0 bridgehead atoms. The van der Waals surface area contributed by atoms with E-state index < -0.39 is 27.7 Å². The maximum absolute atomic E-state index is 12.6. The summed E-state index contributed by atoms with van der Waals surface area (Å²) in [4.78, 5) is 24.8. The van der Waals surface area contributed by atoms with Crippen molar-refractivity contribution in [2.24, 2.45) is 0 Å². The molecule has 136 valence electrons. The maximum Gasteiger partial charge on any atom is 0.322 e. The molecular weight excluding hydrogens is 352 g/mol. The molecule has 0 fully saturated rings. The molecule has 5 nitrogen and oxygen atoms in total. The van der Waals surface area contributed by atoms with Gasteiger partial charge in [0.25, 0.3) is 0 Å². The summed E-state index contributed by atoms with van der Waals surface area (Å²) in [5.41, 5.74) is 3.36. The molecule has 0 radical (unpaired) electrons. The number of esters is 1. The van der Waals surface area contributed by atoms with Crippen LogP contribution in [0, 0.1) is 13.8 Å². The second kappa shape index (κ2) is 7.03. The summed E-state index contributed by atoms with van der Waals surface area (Å²) in [6.45, 7) is 3.73. The Bertz CT molecular complexity index is 958. The lowest BCUT2D eigenvalue weighted by atomic mass is 9.87. The molecule has 2 aromatic carbocycles. The Labute approximate surface area is 152 Å². The Morgan fingerprint density at radius 3 is 2.42 bits per heavy atom. The van der Waals surface area contributed by atoms with Crippen LogP contribution in [0.5, 0.6) is 0 Å². The summed E-state index contributed by atoms with van der Waals surface area (Å²) in [6, 6.07) is 11.9. The standard InChI is InChI=1S/C20H20O5S/c1-13-4-8-16(9-5-13)26(23,24)12-19(21)25-18-10-7-15-6-3-14(2)11-17(15)20(18)22/h3-6,8-9,11,18H,7,10,12H2,1-2H3. The topological polar surface area (TPSA) is 77.5 Å². The van der Waals surface area contributed by atoms with Crippen molar-refractivity contribution in [2.45, 2.75) is 37.7 Å². The van der Waals surface area contributed by atoms with Crippen LogP contribution in [0.15, 0.2) is 47.4 Å². The van der Waals surface area contributed by atoms with Crippen LogP contribution >= 0.6 is 0 Å². The highest BCUT2D eigenvalue weighted by atomic mass is 32.2. The number of fused-ring (bicyclic) bond motifs is 1. The normalized spacial score (nSPS) is 16.8. The predicted molar refractivity (Wildman–Crippen MR) is 96.9 cm³/mol. The molecule has 0 amide bonds. The molecule has 0 N–H and O–H groups in total. The van der Waals surface area contributed by atoms with E-state index in [9.17, 15) is 18.0 Å². The number of benzene rings is 2. The molecule has 0 saturated heterocycles. The van der Waals surface area contributed by atoms with Gasteiger partial charge in [-0.05, 0) is 50.5 Å². The van der Waals surface area contributed by atoms with Crippen LogP contribution < -0.4 is 0 Å². The first-order valence-electron chi connectivity index (χ1n) is 8.39. The summed E-state index contributed by atoms with van der Waals surface area (Å²) < 4.78 is 29.9. The van der Waals surface area contributed by atoms with Crippen molar-refractivity contribution in [3.05, 3.63) is 64.7 Å². The highest BCUT2D eigenvalue weighted by molar-refractivity contribution is 7.92.